The highest BCUT2D eigenvalue weighted by molar-refractivity contribution is 9.09. The molecule has 13 heavy (non-hydrogen) atoms. The fourth-order valence-electron chi connectivity index (χ4n) is 2.02. The van der Waals surface area contributed by atoms with Gasteiger partial charge in [0, 0.05) is 4.83 Å². The predicted molar refractivity (Wildman–Crippen MR) is 54.9 cm³/mol. The summed E-state index contributed by atoms with van der Waals surface area (Å²) in [5.74, 6) is 0. The number of aliphatic hydroxyl groups is 1. The topological polar surface area (TPSA) is 29.5 Å². The highest BCUT2D eigenvalue weighted by Gasteiger charge is 2.40. The molecule has 2 nitrogen and oxygen atoms in total. The van der Waals surface area contributed by atoms with Gasteiger partial charge in [0.1, 0.15) is 6.10 Å². The van der Waals surface area contributed by atoms with Gasteiger partial charge in [-0.05, 0) is 17.4 Å². The third-order valence-corrected chi connectivity index (χ3v) is 4.53. The highest BCUT2D eigenvalue weighted by Crippen LogP contribution is 2.42. The summed E-state index contributed by atoms with van der Waals surface area (Å²) >= 11 is 3.66. The fraction of sp³-hybridized carbons (Fsp3) is 0.800. The molecule has 1 fully saturated rings. The van der Waals surface area contributed by atoms with Crippen LogP contribution in [0, 0.1) is 5.41 Å². The van der Waals surface area contributed by atoms with Crippen LogP contribution >= 0.6 is 15.9 Å². The van der Waals surface area contributed by atoms with Gasteiger partial charge in [0.25, 0.3) is 0 Å². The van der Waals surface area contributed by atoms with Crippen molar-refractivity contribution in [2.24, 2.45) is 5.41 Å². The van der Waals surface area contributed by atoms with Gasteiger partial charge in [0.05, 0.1) is 12.7 Å². The molecule has 0 spiro atoms. The Morgan fingerprint density at radius 2 is 2.31 bits per heavy atom. The number of halogens is 1. The number of alkyl halides is 1. The summed E-state index contributed by atoms with van der Waals surface area (Å²) in [6, 6.07) is 0. The molecule has 0 unspecified atom stereocenters. The lowest BCUT2D eigenvalue weighted by Crippen LogP contribution is -2.33. The molecule has 3 heteroatoms. The minimum Gasteiger partial charge on any atom is -0.386 e. The minimum atomic E-state index is -0.371. The van der Waals surface area contributed by atoms with Gasteiger partial charge in [-0.1, -0.05) is 35.9 Å². The van der Waals surface area contributed by atoms with E-state index < -0.39 is 0 Å². The van der Waals surface area contributed by atoms with Gasteiger partial charge in [-0.2, -0.15) is 0 Å². The molecular formula is C10H15BrO2. The summed E-state index contributed by atoms with van der Waals surface area (Å²) in [7, 11) is 0. The normalized spacial score (nSPS) is 42.8. The van der Waals surface area contributed by atoms with Gasteiger partial charge in [-0.3, -0.25) is 0 Å². The first-order valence-corrected chi connectivity index (χ1v) is 5.58. The van der Waals surface area contributed by atoms with Gasteiger partial charge in [-0.15, -0.1) is 0 Å². The molecule has 1 aliphatic carbocycles. The van der Waals surface area contributed by atoms with Crippen LogP contribution in [0.15, 0.2) is 11.6 Å². The Morgan fingerprint density at radius 1 is 1.62 bits per heavy atom. The summed E-state index contributed by atoms with van der Waals surface area (Å²) in [5.41, 5.74) is 1.21. The van der Waals surface area contributed by atoms with Crippen molar-refractivity contribution in [3.63, 3.8) is 0 Å². The van der Waals surface area contributed by atoms with Crippen molar-refractivity contribution in [3.05, 3.63) is 11.6 Å². The zero-order valence-corrected chi connectivity index (χ0v) is 9.54. The highest BCUT2D eigenvalue weighted by atomic mass is 79.9. The van der Waals surface area contributed by atoms with Gasteiger partial charge < -0.3 is 9.84 Å². The molecule has 0 aromatic carbocycles. The zero-order valence-electron chi connectivity index (χ0n) is 7.96. The van der Waals surface area contributed by atoms with Crippen molar-refractivity contribution in [1.29, 1.82) is 0 Å². The maximum absolute atomic E-state index is 9.63. The summed E-state index contributed by atoms with van der Waals surface area (Å²) in [4.78, 5) is 0.444. The number of hydrogen-bond donors (Lipinski definition) is 1. The molecule has 0 aromatic heterocycles. The van der Waals surface area contributed by atoms with E-state index in [-0.39, 0.29) is 17.6 Å². The monoisotopic (exact) mass is 246 g/mol. The first kappa shape index (κ1) is 9.69. The number of ether oxygens (including phenoxy) is 1. The lowest BCUT2D eigenvalue weighted by molar-refractivity contribution is 0.0810. The molecule has 1 heterocycles. The summed E-state index contributed by atoms with van der Waals surface area (Å²) in [6.45, 7) is 4.83. The standard InChI is InChI=1S/C10H15BrO2/c1-10(2)4-6-7(12)5-13-8(6)3-9(10)11/h4,7-9,12H,3,5H2,1-2H3/t7-,8+,9-/m0/s1. The quantitative estimate of drug-likeness (QED) is 0.523. The Hall–Kier alpha value is 0.140. The third-order valence-electron chi connectivity index (χ3n) is 2.98. The van der Waals surface area contributed by atoms with Crippen LogP contribution in [0.5, 0.6) is 0 Å². The Labute approximate surface area is 87.1 Å². The smallest absolute Gasteiger partial charge is 0.101 e. The van der Waals surface area contributed by atoms with Crippen LogP contribution in [0.25, 0.3) is 0 Å². The Bertz CT molecular complexity index is 247. The van der Waals surface area contributed by atoms with Crippen molar-refractivity contribution < 1.29 is 9.84 Å². The van der Waals surface area contributed by atoms with Crippen LogP contribution < -0.4 is 0 Å². The van der Waals surface area contributed by atoms with E-state index in [1.165, 1.54) is 0 Å². The molecule has 0 amide bonds. The third kappa shape index (κ3) is 1.58. The van der Waals surface area contributed by atoms with Crippen LogP contribution in [-0.4, -0.2) is 28.7 Å². The number of hydrogen-bond acceptors (Lipinski definition) is 2. The summed E-state index contributed by atoms with van der Waals surface area (Å²) in [5, 5.41) is 9.63. The fourth-order valence-corrected chi connectivity index (χ4v) is 2.49. The molecule has 0 radical (unpaired) electrons. The molecule has 1 saturated heterocycles. The average molecular weight is 247 g/mol. The van der Waals surface area contributed by atoms with E-state index in [9.17, 15) is 5.11 Å². The summed E-state index contributed by atoms with van der Waals surface area (Å²) in [6.07, 6.45) is 2.91. The molecule has 0 saturated carbocycles. The molecule has 3 atom stereocenters. The van der Waals surface area contributed by atoms with Crippen LogP contribution in [0.4, 0.5) is 0 Å². The summed E-state index contributed by atoms with van der Waals surface area (Å²) < 4.78 is 5.48. The van der Waals surface area contributed by atoms with E-state index in [4.69, 9.17) is 4.74 Å². The van der Waals surface area contributed by atoms with Crippen molar-refractivity contribution in [1.82, 2.24) is 0 Å². The van der Waals surface area contributed by atoms with Crippen LogP contribution in [0.1, 0.15) is 20.3 Å². The molecule has 74 valence electrons. The van der Waals surface area contributed by atoms with Crippen LogP contribution in [-0.2, 0) is 4.74 Å². The largest absolute Gasteiger partial charge is 0.386 e. The van der Waals surface area contributed by atoms with Crippen molar-refractivity contribution in [3.8, 4) is 0 Å². The van der Waals surface area contributed by atoms with E-state index in [1.54, 1.807) is 0 Å². The molecule has 0 aromatic rings. The molecule has 2 rings (SSSR count). The van der Waals surface area contributed by atoms with Crippen molar-refractivity contribution in [2.75, 3.05) is 6.61 Å². The van der Waals surface area contributed by atoms with Crippen LogP contribution in [0.2, 0.25) is 0 Å². The Balaban J connectivity index is 2.31. The molecular weight excluding hydrogens is 232 g/mol. The molecule has 1 N–H and O–H groups in total. The second kappa shape index (κ2) is 3.07. The number of fused-ring (bicyclic) bond motifs is 1. The zero-order chi connectivity index (χ0) is 9.64. The minimum absolute atomic E-state index is 0.126. The molecule has 2 aliphatic rings. The first-order valence-electron chi connectivity index (χ1n) is 4.67. The maximum Gasteiger partial charge on any atom is 0.101 e. The first-order chi connectivity index (χ1) is 6.00. The second-order valence-electron chi connectivity index (χ2n) is 4.51. The van der Waals surface area contributed by atoms with Gasteiger partial charge >= 0.3 is 0 Å². The van der Waals surface area contributed by atoms with Crippen molar-refractivity contribution in [2.45, 2.75) is 37.3 Å². The molecule has 0 bridgehead atoms. The number of aliphatic hydroxyl groups excluding tert-OH is 1. The van der Waals surface area contributed by atoms with E-state index in [2.05, 4.69) is 35.9 Å². The van der Waals surface area contributed by atoms with Gasteiger partial charge in [-0.25, -0.2) is 0 Å². The number of allylic oxidation sites excluding steroid dienone is 1. The van der Waals surface area contributed by atoms with Crippen LogP contribution in [0.3, 0.4) is 0 Å². The van der Waals surface area contributed by atoms with E-state index in [0.29, 0.717) is 11.4 Å². The van der Waals surface area contributed by atoms with E-state index >= 15 is 0 Å². The Morgan fingerprint density at radius 3 is 3.00 bits per heavy atom. The van der Waals surface area contributed by atoms with E-state index in [1.807, 2.05) is 0 Å². The SMILES string of the molecule is CC1(C)C=C2[C@@H](O)CO[C@@H]2C[C@@H]1Br. The predicted octanol–water partition coefficient (Wildman–Crippen LogP) is 1.87. The second-order valence-corrected chi connectivity index (χ2v) is 5.61. The Kier molecular flexibility index (Phi) is 2.29. The van der Waals surface area contributed by atoms with Crippen molar-refractivity contribution >= 4 is 15.9 Å². The van der Waals surface area contributed by atoms with Gasteiger partial charge in [0.2, 0.25) is 0 Å². The lowest BCUT2D eigenvalue weighted by atomic mass is 9.78. The molecule has 1 aliphatic heterocycles. The lowest BCUT2D eigenvalue weighted by Gasteiger charge is -2.35. The average Bonchev–Trinajstić information content (AvgIpc) is 2.34. The number of rotatable bonds is 0. The van der Waals surface area contributed by atoms with Gasteiger partial charge in [0.15, 0.2) is 0 Å². The maximum atomic E-state index is 9.63. The van der Waals surface area contributed by atoms with E-state index in [0.717, 1.165) is 12.0 Å².